The fourth-order valence-electron chi connectivity index (χ4n) is 3.87. The molecule has 6 nitrogen and oxygen atoms in total. The van der Waals surface area contributed by atoms with Crippen molar-refractivity contribution in [3.63, 3.8) is 0 Å². The number of rotatable bonds is 4. The molecule has 1 atom stereocenters. The molecule has 0 fully saturated rings. The van der Waals surface area contributed by atoms with Gasteiger partial charge in [-0.25, -0.2) is 4.52 Å². The van der Waals surface area contributed by atoms with Gasteiger partial charge in [-0.2, -0.15) is 4.98 Å². The summed E-state index contributed by atoms with van der Waals surface area (Å²) in [4.78, 5) is 29.6. The Balaban J connectivity index is 1.90. The molecule has 2 aromatic heterocycles. The molecule has 0 aliphatic carbocycles. The second-order valence-electron chi connectivity index (χ2n) is 7.46. The van der Waals surface area contributed by atoms with Gasteiger partial charge in [0.15, 0.2) is 5.65 Å². The smallest absolute Gasteiger partial charge is 0.273 e. The quantitative estimate of drug-likeness (QED) is 0.571. The van der Waals surface area contributed by atoms with Gasteiger partial charge in [0.1, 0.15) is 6.04 Å². The minimum absolute atomic E-state index is 0.0954. The number of hydrogen-bond acceptors (Lipinski definition) is 3. The number of nitrogens with zero attached hydrogens (tertiary/aromatic N) is 3. The molecule has 0 saturated heterocycles. The molecular formula is C23H24N4O2. The van der Waals surface area contributed by atoms with Crippen LogP contribution in [0.3, 0.4) is 0 Å². The number of fused-ring (bicyclic) bond motifs is 3. The average molecular weight is 388 g/mol. The Morgan fingerprint density at radius 1 is 1.10 bits per heavy atom. The number of nitrogens with one attached hydrogen (secondary N) is 1. The van der Waals surface area contributed by atoms with Crippen LogP contribution in [0, 0.1) is 20.8 Å². The molecule has 0 radical (unpaired) electrons. The number of carbonyl (C=O) groups is 1. The van der Waals surface area contributed by atoms with E-state index in [4.69, 9.17) is 0 Å². The minimum atomic E-state index is -0.458. The van der Waals surface area contributed by atoms with Gasteiger partial charge in [-0.1, -0.05) is 31.2 Å². The lowest BCUT2D eigenvalue weighted by Crippen LogP contribution is -2.29. The number of hydrogen-bond donors (Lipinski definition) is 1. The van der Waals surface area contributed by atoms with Crippen LogP contribution in [-0.2, 0) is 4.79 Å². The summed E-state index contributed by atoms with van der Waals surface area (Å²) in [5.41, 5.74) is 4.83. The normalized spacial score (nSPS) is 12.4. The first kappa shape index (κ1) is 18.9. The topological polar surface area (TPSA) is 68.4 Å². The van der Waals surface area contributed by atoms with E-state index < -0.39 is 6.04 Å². The second kappa shape index (κ2) is 7.20. The minimum Gasteiger partial charge on any atom is -0.324 e. The monoisotopic (exact) mass is 388 g/mol. The number of amides is 1. The predicted molar refractivity (Wildman–Crippen MR) is 116 cm³/mol. The number of aromatic nitrogens is 3. The van der Waals surface area contributed by atoms with Crippen molar-refractivity contribution in [1.82, 2.24) is 14.2 Å². The van der Waals surface area contributed by atoms with Crippen molar-refractivity contribution in [3.05, 3.63) is 75.7 Å². The van der Waals surface area contributed by atoms with E-state index in [1.54, 1.807) is 0 Å². The van der Waals surface area contributed by atoms with Crippen LogP contribution in [0.1, 0.15) is 36.2 Å². The SMILES string of the molecule is CC[C@@H](C(=O)Nc1cc(C)ccc1C)n1c2ccccc2c2nc(=O)cc(C)n21. The third-order valence-corrected chi connectivity index (χ3v) is 5.33. The first-order valence-corrected chi connectivity index (χ1v) is 9.78. The van der Waals surface area contributed by atoms with E-state index in [-0.39, 0.29) is 11.5 Å². The van der Waals surface area contributed by atoms with Crippen molar-refractivity contribution in [2.45, 2.75) is 40.2 Å². The number of para-hydroxylation sites is 1. The predicted octanol–water partition coefficient (Wildman–Crippen LogP) is 4.16. The lowest BCUT2D eigenvalue weighted by atomic mass is 10.1. The van der Waals surface area contributed by atoms with Gasteiger partial charge in [0, 0.05) is 22.8 Å². The summed E-state index contributed by atoms with van der Waals surface area (Å²) in [5.74, 6) is -0.0954. The maximum atomic E-state index is 13.3. The molecule has 0 aliphatic heterocycles. The second-order valence-corrected chi connectivity index (χ2v) is 7.46. The van der Waals surface area contributed by atoms with E-state index in [0.29, 0.717) is 12.1 Å². The maximum absolute atomic E-state index is 13.3. The van der Waals surface area contributed by atoms with Crippen LogP contribution >= 0.6 is 0 Å². The van der Waals surface area contributed by atoms with Crippen LogP contribution in [0.2, 0.25) is 0 Å². The van der Waals surface area contributed by atoms with Crippen molar-refractivity contribution >= 4 is 28.1 Å². The highest BCUT2D eigenvalue weighted by Gasteiger charge is 2.25. The third-order valence-electron chi connectivity index (χ3n) is 5.33. The van der Waals surface area contributed by atoms with Crippen molar-refractivity contribution in [2.75, 3.05) is 5.32 Å². The highest BCUT2D eigenvalue weighted by atomic mass is 16.2. The fourth-order valence-corrected chi connectivity index (χ4v) is 3.87. The molecule has 148 valence electrons. The van der Waals surface area contributed by atoms with Gasteiger partial charge in [-0.15, -0.1) is 0 Å². The summed E-state index contributed by atoms with van der Waals surface area (Å²) in [6.45, 7) is 7.83. The Hall–Kier alpha value is -3.41. The van der Waals surface area contributed by atoms with Gasteiger partial charge in [0.25, 0.3) is 5.56 Å². The zero-order chi connectivity index (χ0) is 20.7. The van der Waals surface area contributed by atoms with Gasteiger partial charge < -0.3 is 5.32 Å². The van der Waals surface area contributed by atoms with Gasteiger partial charge in [-0.3, -0.25) is 14.3 Å². The van der Waals surface area contributed by atoms with Gasteiger partial charge in [0.2, 0.25) is 5.91 Å². The summed E-state index contributed by atoms with van der Waals surface area (Å²) in [5, 5.41) is 3.95. The molecule has 0 unspecified atom stereocenters. The van der Waals surface area contributed by atoms with Gasteiger partial charge >= 0.3 is 0 Å². The largest absolute Gasteiger partial charge is 0.324 e. The highest BCUT2D eigenvalue weighted by Crippen LogP contribution is 2.28. The highest BCUT2D eigenvalue weighted by molar-refractivity contribution is 5.98. The summed E-state index contributed by atoms with van der Waals surface area (Å²) in [6.07, 6.45) is 0.593. The molecule has 0 saturated carbocycles. The Morgan fingerprint density at radius 2 is 1.86 bits per heavy atom. The maximum Gasteiger partial charge on any atom is 0.273 e. The molecule has 29 heavy (non-hydrogen) atoms. The molecular weight excluding hydrogens is 364 g/mol. The molecule has 6 heteroatoms. The Morgan fingerprint density at radius 3 is 2.62 bits per heavy atom. The average Bonchev–Trinajstić information content (AvgIpc) is 3.00. The number of anilines is 1. The summed E-state index contributed by atoms with van der Waals surface area (Å²) in [7, 11) is 0. The Kier molecular flexibility index (Phi) is 4.70. The summed E-state index contributed by atoms with van der Waals surface area (Å²) >= 11 is 0. The number of aryl methyl sites for hydroxylation is 3. The molecule has 1 N–H and O–H groups in total. The van der Waals surface area contributed by atoms with Gasteiger partial charge in [-0.05, 0) is 56.5 Å². The zero-order valence-electron chi connectivity index (χ0n) is 17.1. The van der Waals surface area contributed by atoms with E-state index in [0.717, 1.165) is 33.4 Å². The van der Waals surface area contributed by atoms with E-state index in [2.05, 4.69) is 10.3 Å². The summed E-state index contributed by atoms with van der Waals surface area (Å²) < 4.78 is 3.83. The van der Waals surface area contributed by atoms with E-state index in [1.165, 1.54) is 6.07 Å². The van der Waals surface area contributed by atoms with Crippen LogP contribution < -0.4 is 10.9 Å². The molecule has 4 rings (SSSR count). The van der Waals surface area contributed by atoms with Crippen LogP contribution in [-0.4, -0.2) is 20.1 Å². The molecule has 0 spiro atoms. The van der Waals surface area contributed by atoms with E-state index in [1.807, 2.05) is 79.4 Å². The standard InChI is InChI=1S/C23H24N4O2/c1-5-19(23(29)24-18-12-14(2)10-11-15(18)3)27-20-9-7-6-8-17(20)22-25-21(28)13-16(4)26(22)27/h6-13,19H,5H2,1-4H3,(H,24,29)/t19-/m0/s1. The summed E-state index contributed by atoms with van der Waals surface area (Å²) in [6, 6.07) is 14.8. The first-order chi connectivity index (χ1) is 13.9. The Labute approximate surface area is 168 Å². The third kappa shape index (κ3) is 3.20. The van der Waals surface area contributed by atoms with E-state index in [9.17, 15) is 9.59 Å². The number of benzene rings is 2. The zero-order valence-corrected chi connectivity index (χ0v) is 17.1. The van der Waals surface area contributed by atoms with Crippen molar-refractivity contribution in [1.29, 1.82) is 0 Å². The van der Waals surface area contributed by atoms with Crippen LogP contribution in [0.4, 0.5) is 5.69 Å². The van der Waals surface area contributed by atoms with Crippen molar-refractivity contribution in [2.24, 2.45) is 0 Å². The van der Waals surface area contributed by atoms with Crippen LogP contribution in [0.5, 0.6) is 0 Å². The fraction of sp³-hybridized carbons (Fsp3) is 0.261. The number of carbonyl (C=O) groups excluding carboxylic acids is 1. The van der Waals surface area contributed by atoms with E-state index >= 15 is 0 Å². The van der Waals surface area contributed by atoms with Gasteiger partial charge in [0.05, 0.1) is 5.52 Å². The van der Waals surface area contributed by atoms with Crippen LogP contribution in [0.25, 0.3) is 16.6 Å². The molecule has 1 amide bonds. The van der Waals surface area contributed by atoms with Crippen LogP contribution in [0.15, 0.2) is 53.3 Å². The van der Waals surface area contributed by atoms with Crippen molar-refractivity contribution in [3.8, 4) is 0 Å². The lowest BCUT2D eigenvalue weighted by Gasteiger charge is -2.21. The molecule has 2 heterocycles. The molecule has 0 aliphatic rings. The molecule has 4 aromatic rings. The molecule has 0 bridgehead atoms. The lowest BCUT2D eigenvalue weighted by molar-refractivity contribution is -0.119. The first-order valence-electron chi connectivity index (χ1n) is 9.78. The van der Waals surface area contributed by atoms with Crippen molar-refractivity contribution < 1.29 is 4.79 Å². The molecule has 2 aromatic carbocycles. The Bertz CT molecular complexity index is 1300.